The fourth-order valence-electron chi connectivity index (χ4n) is 0.504. The average Bonchev–Trinajstić information content (AvgIpc) is 2.34. The molecule has 1 heterocycles. The van der Waals surface area contributed by atoms with Crippen molar-refractivity contribution in [1.29, 1.82) is 0 Å². The van der Waals surface area contributed by atoms with Crippen molar-refractivity contribution in [2.75, 3.05) is 6.54 Å². The molecule has 1 aromatic rings. The van der Waals surface area contributed by atoms with Gasteiger partial charge in [0.15, 0.2) is 5.78 Å². The van der Waals surface area contributed by atoms with Crippen molar-refractivity contribution < 1.29 is 4.79 Å². The molecule has 0 unspecified atom stereocenters. The Hall–Kier alpha value is -0.260. The quantitative estimate of drug-likeness (QED) is 0.759. The summed E-state index contributed by atoms with van der Waals surface area (Å²) in [5.41, 5.74) is 5.14. The SMILES string of the molecule is NCC(=O)c1sncc1Br. The van der Waals surface area contributed by atoms with Crippen LogP contribution in [0.15, 0.2) is 10.7 Å². The molecule has 0 saturated carbocycles. The van der Waals surface area contributed by atoms with E-state index in [1.807, 2.05) is 0 Å². The summed E-state index contributed by atoms with van der Waals surface area (Å²) in [6.45, 7) is 0.0425. The summed E-state index contributed by atoms with van der Waals surface area (Å²) < 4.78 is 4.54. The molecule has 5 heteroatoms. The van der Waals surface area contributed by atoms with Gasteiger partial charge in [-0.3, -0.25) is 4.79 Å². The standard InChI is InChI=1S/C5H5BrN2OS/c6-3-2-8-10-5(3)4(9)1-7/h2H,1,7H2. The lowest BCUT2D eigenvalue weighted by Crippen LogP contribution is -2.12. The minimum absolute atomic E-state index is 0.0425. The Morgan fingerprint density at radius 2 is 2.60 bits per heavy atom. The minimum Gasteiger partial charge on any atom is -0.324 e. The number of rotatable bonds is 2. The largest absolute Gasteiger partial charge is 0.324 e. The molecule has 0 radical (unpaired) electrons. The predicted molar refractivity (Wildman–Crippen MR) is 43.2 cm³/mol. The van der Waals surface area contributed by atoms with Crippen LogP contribution in [0.1, 0.15) is 9.67 Å². The molecular formula is C5H5BrN2OS. The Morgan fingerprint density at radius 3 is 3.00 bits per heavy atom. The first-order chi connectivity index (χ1) is 4.75. The van der Waals surface area contributed by atoms with Gasteiger partial charge in [0.1, 0.15) is 4.88 Å². The van der Waals surface area contributed by atoms with Gasteiger partial charge in [0, 0.05) is 0 Å². The maximum atomic E-state index is 10.9. The van der Waals surface area contributed by atoms with E-state index in [9.17, 15) is 4.79 Å². The van der Waals surface area contributed by atoms with Crippen LogP contribution in [0.5, 0.6) is 0 Å². The predicted octanol–water partition coefficient (Wildman–Crippen LogP) is 1.05. The van der Waals surface area contributed by atoms with Gasteiger partial charge in [0.25, 0.3) is 0 Å². The summed E-state index contributed by atoms with van der Waals surface area (Å²) in [5.74, 6) is -0.0747. The monoisotopic (exact) mass is 220 g/mol. The van der Waals surface area contributed by atoms with Crippen molar-refractivity contribution in [2.45, 2.75) is 0 Å². The van der Waals surface area contributed by atoms with E-state index in [-0.39, 0.29) is 12.3 Å². The third-order valence-corrected chi connectivity index (χ3v) is 2.67. The Bertz CT molecular complexity index is 248. The molecule has 0 aliphatic carbocycles. The van der Waals surface area contributed by atoms with Crippen LogP contribution < -0.4 is 5.73 Å². The van der Waals surface area contributed by atoms with E-state index >= 15 is 0 Å². The molecule has 0 aliphatic rings. The van der Waals surface area contributed by atoms with Crippen LogP contribution >= 0.6 is 27.5 Å². The molecule has 0 aromatic carbocycles. The molecule has 0 amide bonds. The Balaban J connectivity index is 2.93. The molecule has 3 nitrogen and oxygen atoms in total. The molecule has 54 valence electrons. The van der Waals surface area contributed by atoms with E-state index in [0.29, 0.717) is 4.88 Å². The van der Waals surface area contributed by atoms with Crippen LogP contribution in [0.3, 0.4) is 0 Å². The highest BCUT2D eigenvalue weighted by Gasteiger charge is 2.09. The normalized spacial score (nSPS) is 9.80. The van der Waals surface area contributed by atoms with Crippen LogP contribution in [-0.4, -0.2) is 16.7 Å². The van der Waals surface area contributed by atoms with Crippen molar-refractivity contribution in [2.24, 2.45) is 5.73 Å². The van der Waals surface area contributed by atoms with Crippen LogP contribution in [0.4, 0.5) is 0 Å². The third kappa shape index (κ3) is 1.42. The van der Waals surface area contributed by atoms with Gasteiger partial charge in [-0.1, -0.05) is 0 Å². The van der Waals surface area contributed by atoms with E-state index in [1.54, 1.807) is 6.20 Å². The second kappa shape index (κ2) is 3.23. The Kier molecular flexibility index (Phi) is 2.53. The van der Waals surface area contributed by atoms with Crippen molar-refractivity contribution in [3.05, 3.63) is 15.5 Å². The molecule has 1 aromatic heterocycles. The van der Waals surface area contributed by atoms with Gasteiger partial charge < -0.3 is 5.73 Å². The van der Waals surface area contributed by atoms with E-state index in [2.05, 4.69) is 20.3 Å². The molecular weight excluding hydrogens is 216 g/mol. The number of nitrogens with zero attached hydrogens (tertiary/aromatic N) is 1. The fraction of sp³-hybridized carbons (Fsp3) is 0.200. The fourth-order valence-corrected chi connectivity index (χ4v) is 1.77. The minimum atomic E-state index is -0.0747. The summed E-state index contributed by atoms with van der Waals surface area (Å²) in [7, 11) is 0. The molecule has 0 bridgehead atoms. The summed E-state index contributed by atoms with van der Waals surface area (Å²) in [6.07, 6.45) is 1.59. The van der Waals surface area contributed by atoms with Gasteiger partial charge in [0.2, 0.25) is 0 Å². The van der Waals surface area contributed by atoms with Gasteiger partial charge in [-0.15, -0.1) is 0 Å². The zero-order valence-electron chi connectivity index (χ0n) is 5.00. The van der Waals surface area contributed by atoms with Gasteiger partial charge in [-0.05, 0) is 27.5 Å². The summed E-state index contributed by atoms with van der Waals surface area (Å²) in [6, 6.07) is 0. The van der Waals surface area contributed by atoms with Crippen molar-refractivity contribution in [3.63, 3.8) is 0 Å². The number of hydrogen-bond donors (Lipinski definition) is 1. The second-order valence-corrected chi connectivity index (χ2v) is 3.29. The van der Waals surface area contributed by atoms with Crippen LogP contribution in [0.25, 0.3) is 0 Å². The topological polar surface area (TPSA) is 56.0 Å². The number of halogens is 1. The summed E-state index contributed by atoms with van der Waals surface area (Å²) in [4.78, 5) is 11.5. The molecule has 2 N–H and O–H groups in total. The lowest BCUT2D eigenvalue weighted by atomic mass is 10.3. The number of hydrogen-bond acceptors (Lipinski definition) is 4. The molecule has 0 atom stereocenters. The highest BCUT2D eigenvalue weighted by molar-refractivity contribution is 9.10. The smallest absolute Gasteiger partial charge is 0.189 e. The zero-order chi connectivity index (χ0) is 7.56. The van der Waals surface area contributed by atoms with Crippen molar-refractivity contribution in [3.8, 4) is 0 Å². The maximum Gasteiger partial charge on any atom is 0.189 e. The van der Waals surface area contributed by atoms with Gasteiger partial charge in [-0.25, -0.2) is 0 Å². The first-order valence-corrected chi connectivity index (χ1v) is 4.15. The van der Waals surface area contributed by atoms with Crippen molar-refractivity contribution >= 4 is 33.2 Å². The molecule has 0 saturated heterocycles. The first kappa shape index (κ1) is 7.84. The van der Waals surface area contributed by atoms with E-state index in [4.69, 9.17) is 5.73 Å². The number of Topliss-reactive ketones (excluding diaryl/α,β-unsaturated/α-hetero) is 1. The van der Waals surface area contributed by atoms with Gasteiger partial charge in [-0.2, -0.15) is 4.37 Å². The van der Waals surface area contributed by atoms with Crippen LogP contribution in [0, 0.1) is 0 Å². The van der Waals surface area contributed by atoms with Gasteiger partial charge in [0.05, 0.1) is 17.2 Å². The lowest BCUT2D eigenvalue weighted by Gasteiger charge is -1.89. The Labute approximate surface area is 70.5 Å². The zero-order valence-corrected chi connectivity index (χ0v) is 7.41. The molecule has 10 heavy (non-hydrogen) atoms. The van der Waals surface area contributed by atoms with Crippen LogP contribution in [-0.2, 0) is 0 Å². The number of carbonyl (C=O) groups is 1. The van der Waals surface area contributed by atoms with E-state index in [0.717, 1.165) is 16.0 Å². The molecule has 0 spiro atoms. The second-order valence-electron chi connectivity index (χ2n) is 1.63. The van der Waals surface area contributed by atoms with E-state index in [1.165, 1.54) is 0 Å². The van der Waals surface area contributed by atoms with Gasteiger partial charge >= 0.3 is 0 Å². The van der Waals surface area contributed by atoms with Crippen LogP contribution in [0.2, 0.25) is 0 Å². The molecule has 1 rings (SSSR count). The number of aromatic nitrogens is 1. The highest BCUT2D eigenvalue weighted by atomic mass is 79.9. The van der Waals surface area contributed by atoms with Crippen molar-refractivity contribution in [1.82, 2.24) is 4.37 Å². The highest BCUT2D eigenvalue weighted by Crippen LogP contribution is 2.19. The summed E-state index contributed by atoms with van der Waals surface area (Å²) >= 11 is 4.34. The number of ketones is 1. The third-order valence-electron chi connectivity index (χ3n) is 0.966. The molecule has 0 aliphatic heterocycles. The average molecular weight is 221 g/mol. The molecule has 0 fully saturated rings. The number of nitrogens with two attached hydrogens (primary N) is 1. The lowest BCUT2D eigenvalue weighted by molar-refractivity contribution is 0.100. The first-order valence-electron chi connectivity index (χ1n) is 2.59. The maximum absolute atomic E-state index is 10.9. The van der Waals surface area contributed by atoms with E-state index < -0.39 is 0 Å². The Morgan fingerprint density at radius 1 is 1.90 bits per heavy atom. The number of carbonyl (C=O) groups excluding carboxylic acids is 1. The summed E-state index contributed by atoms with van der Waals surface area (Å²) in [5, 5.41) is 0.